The normalized spacial score (nSPS) is 11.3. The van der Waals surface area contributed by atoms with E-state index in [9.17, 15) is 0 Å². The molecule has 3 aromatic carbocycles. The van der Waals surface area contributed by atoms with Crippen molar-refractivity contribution in [2.45, 2.75) is 17.8 Å². The molecule has 0 aliphatic carbocycles. The van der Waals surface area contributed by atoms with Gasteiger partial charge in [0.2, 0.25) is 0 Å². The molecular weight excluding hydrogens is 364 g/mol. The highest BCUT2D eigenvalue weighted by atomic mass is 32.2. The Kier molecular flexibility index (Phi) is 4.29. The molecule has 0 N–H and O–H groups in total. The van der Waals surface area contributed by atoms with Crippen molar-refractivity contribution in [3.8, 4) is 11.4 Å². The molecule has 0 atom stereocenters. The zero-order chi connectivity index (χ0) is 18.9. The Morgan fingerprint density at radius 1 is 0.821 bits per heavy atom. The van der Waals surface area contributed by atoms with E-state index in [0.717, 1.165) is 38.8 Å². The highest BCUT2D eigenvalue weighted by Crippen LogP contribution is 2.28. The molecule has 0 amide bonds. The van der Waals surface area contributed by atoms with E-state index >= 15 is 0 Å². The molecule has 0 saturated heterocycles. The molecule has 136 valence electrons. The van der Waals surface area contributed by atoms with Crippen LogP contribution < -0.4 is 0 Å². The number of fused-ring (bicyclic) bond motifs is 3. The number of thioether (sulfide) groups is 1. The van der Waals surface area contributed by atoms with Gasteiger partial charge >= 0.3 is 0 Å². The van der Waals surface area contributed by atoms with Crippen molar-refractivity contribution in [2.24, 2.45) is 0 Å². The molecule has 28 heavy (non-hydrogen) atoms. The largest absolute Gasteiger partial charge is 0.222 e. The fourth-order valence-corrected chi connectivity index (χ4v) is 4.27. The van der Waals surface area contributed by atoms with Crippen LogP contribution in [0.1, 0.15) is 11.1 Å². The van der Waals surface area contributed by atoms with E-state index in [4.69, 9.17) is 15.1 Å². The van der Waals surface area contributed by atoms with Gasteiger partial charge in [-0.05, 0) is 30.2 Å². The monoisotopic (exact) mass is 382 g/mol. The van der Waals surface area contributed by atoms with Crippen LogP contribution in [0.4, 0.5) is 0 Å². The van der Waals surface area contributed by atoms with E-state index in [-0.39, 0.29) is 0 Å². The highest BCUT2D eigenvalue weighted by Gasteiger charge is 2.15. The highest BCUT2D eigenvalue weighted by molar-refractivity contribution is 7.98. The van der Waals surface area contributed by atoms with Gasteiger partial charge in [-0.15, -0.1) is 5.10 Å². The Morgan fingerprint density at radius 3 is 2.43 bits per heavy atom. The van der Waals surface area contributed by atoms with Crippen LogP contribution >= 0.6 is 11.8 Å². The van der Waals surface area contributed by atoms with Gasteiger partial charge in [0.15, 0.2) is 16.6 Å². The van der Waals surface area contributed by atoms with Crippen LogP contribution in [0.2, 0.25) is 0 Å². The van der Waals surface area contributed by atoms with E-state index in [1.54, 1.807) is 11.8 Å². The van der Waals surface area contributed by atoms with Crippen molar-refractivity contribution in [3.05, 3.63) is 90.0 Å². The number of nitrogens with zero attached hydrogens (tertiary/aromatic N) is 4. The summed E-state index contributed by atoms with van der Waals surface area (Å²) in [5.41, 5.74) is 5.38. The summed E-state index contributed by atoms with van der Waals surface area (Å²) >= 11 is 1.69. The Morgan fingerprint density at radius 2 is 1.57 bits per heavy atom. The Bertz CT molecular complexity index is 1280. The molecule has 0 radical (unpaired) electrons. The van der Waals surface area contributed by atoms with Crippen molar-refractivity contribution in [3.63, 3.8) is 0 Å². The zero-order valence-corrected chi connectivity index (χ0v) is 16.2. The second kappa shape index (κ2) is 7.09. The molecule has 0 spiro atoms. The van der Waals surface area contributed by atoms with Crippen LogP contribution in [0.25, 0.3) is 27.9 Å². The number of para-hydroxylation sites is 1. The van der Waals surface area contributed by atoms with Gasteiger partial charge in [-0.25, -0.2) is 9.97 Å². The van der Waals surface area contributed by atoms with Crippen LogP contribution in [-0.2, 0) is 5.75 Å². The lowest BCUT2D eigenvalue weighted by Crippen LogP contribution is -1.99. The predicted molar refractivity (Wildman–Crippen MR) is 114 cm³/mol. The van der Waals surface area contributed by atoms with Crippen molar-refractivity contribution in [2.75, 3.05) is 0 Å². The minimum absolute atomic E-state index is 0.719. The lowest BCUT2D eigenvalue weighted by Gasteiger charge is -2.07. The summed E-state index contributed by atoms with van der Waals surface area (Å²) < 4.78 is 1.88. The van der Waals surface area contributed by atoms with E-state index < -0.39 is 0 Å². The molecule has 5 rings (SSSR count). The summed E-state index contributed by atoms with van der Waals surface area (Å²) in [6.45, 7) is 2.14. The third-order valence-electron chi connectivity index (χ3n) is 4.80. The molecule has 5 heteroatoms. The number of hydrogen-bond acceptors (Lipinski definition) is 4. The van der Waals surface area contributed by atoms with Crippen LogP contribution in [0.15, 0.2) is 84.0 Å². The lowest BCUT2D eigenvalue weighted by atomic mass is 10.1. The SMILES string of the molecule is Cc1ccccc1CSc1nc2ccccc2c2nc(-c3ccccc3)nn12. The average Bonchev–Trinajstić information content (AvgIpc) is 3.20. The quantitative estimate of drug-likeness (QED) is 0.302. The maximum atomic E-state index is 4.88. The Balaban J connectivity index is 1.64. The molecule has 5 aromatic rings. The van der Waals surface area contributed by atoms with Crippen molar-refractivity contribution in [1.29, 1.82) is 0 Å². The zero-order valence-electron chi connectivity index (χ0n) is 15.4. The van der Waals surface area contributed by atoms with Crippen LogP contribution in [-0.4, -0.2) is 19.6 Å². The number of aromatic nitrogens is 4. The van der Waals surface area contributed by atoms with Gasteiger partial charge < -0.3 is 0 Å². The van der Waals surface area contributed by atoms with E-state index in [1.165, 1.54) is 11.1 Å². The molecule has 0 unspecified atom stereocenters. The topological polar surface area (TPSA) is 43.1 Å². The molecule has 0 saturated carbocycles. The Labute approximate surface area is 167 Å². The summed E-state index contributed by atoms with van der Waals surface area (Å²) in [5, 5.41) is 6.65. The van der Waals surface area contributed by atoms with Crippen molar-refractivity contribution < 1.29 is 0 Å². The number of aryl methyl sites for hydroxylation is 1. The fourth-order valence-electron chi connectivity index (χ4n) is 3.25. The number of hydrogen-bond donors (Lipinski definition) is 0. The third-order valence-corrected chi connectivity index (χ3v) is 5.78. The van der Waals surface area contributed by atoms with E-state index in [2.05, 4.69) is 37.3 Å². The summed E-state index contributed by atoms with van der Waals surface area (Å²) in [6, 6.07) is 26.6. The molecule has 0 aliphatic heterocycles. The maximum absolute atomic E-state index is 4.88. The van der Waals surface area contributed by atoms with Gasteiger partial charge in [0.05, 0.1) is 5.52 Å². The van der Waals surface area contributed by atoms with Crippen molar-refractivity contribution in [1.82, 2.24) is 19.6 Å². The van der Waals surface area contributed by atoms with Crippen molar-refractivity contribution >= 4 is 28.3 Å². The molecule has 0 aliphatic rings. The third kappa shape index (κ3) is 3.04. The van der Waals surface area contributed by atoms with Gasteiger partial charge in [-0.1, -0.05) is 78.5 Å². The Hall–Kier alpha value is -3.18. The number of benzene rings is 3. The maximum Gasteiger partial charge on any atom is 0.191 e. The smallest absolute Gasteiger partial charge is 0.191 e. The van der Waals surface area contributed by atoms with Gasteiger partial charge in [0, 0.05) is 16.7 Å². The first-order valence-corrected chi connectivity index (χ1v) is 10.2. The molecule has 2 aromatic heterocycles. The summed E-state index contributed by atoms with van der Waals surface area (Å²) in [4.78, 5) is 9.72. The second-order valence-electron chi connectivity index (χ2n) is 6.66. The summed E-state index contributed by atoms with van der Waals surface area (Å²) in [6.07, 6.45) is 0. The van der Waals surface area contributed by atoms with Gasteiger partial charge in [0.1, 0.15) is 0 Å². The predicted octanol–water partition coefficient (Wildman–Crippen LogP) is 5.55. The summed E-state index contributed by atoms with van der Waals surface area (Å²) in [7, 11) is 0. The molecule has 4 nitrogen and oxygen atoms in total. The first-order chi connectivity index (χ1) is 13.8. The minimum Gasteiger partial charge on any atom is -0.222 e. The molecule has 2 heterocycles. The number of rotatable bonds is 4. The first kappa shape index (κ1) is 17.0. The van der Waals surface area contributed by atoms with Gasteiger partial charge in [0.25, 0.3) is 0 Å². The molecular formula is C23H18N4S. The average molecular weight is 382 g/mol. The van der Waals surface area contributed by atoms with Gasteiger partial charge in [-0.2, -0.15) is 4.52 Å². The minimum atomic E-state index is 0.719. The lowest BCUT2D eigenvalue weighted by molar-refractivity contribution is 0.811. The second-order valence-corrected chi connectivity index (χ2v) is 7.61. The fraction of sp³-hybridized carbons (Fsp3) is 0.0870. The first-order valence-electron chi connectivity index (χ1n) is 9.18. The van der Waals surface area contributed by atoms with Crippen LogP contribution in [0, 0.1) is 6.92 Å². The van der Waals surface area contributed by atoms with Crippen LogP contribution in [0.3, 0.4) is 0 Å². The van der Waals surface area contributed by atoms with E-state index in [0.29, 0.717) is 0 Å². The summed E-state index contributed by atoms with van der Waals surface area (Å²) in [5.74, 6) is 1.56. The standard InChI is InChI=1S/C23H18N4S/c1-16-9-5-6-12-18(16)15-28-23-24-20-14-8-7-13-19(20)22-25-21(26-27(22)23)17-10-3-2-4-11-17/h2-14H,15H2,1H3. The van der Waals surface area contributed by atoms with Gasteiger partial charge in [-0.3, -0.25) is 0 Å². The molecule has 0 bridgehead atoms. The van der Waals surface area contributed by atoms with Crippen LogP contribution in [0.5, 0.6) is 0 Å². The van der Waals surface area contributed by atoms with E-state index in [1.807, 2.05) is 53.0 Å². The molecule has 0 fully saturated rings.